The molecule has 0 radical (unpaired) electrons. The molecule has 4 rings (SSSR count). The fraction of sp³-hybridized carbons (Fsp3) is 0.167. The van der Waals surface area contributed by atoms with E-state index in [2.05, 4.69) is 15.2 Å². The average molecular weight is 543 g/mol. The van der Waals surface area contributed by atoms with Crippen molar-refractivity contribution >= 4 is 52.2 Å². The summed E-state index contributed by atoms with van der Waals surface area (Å²) in [7, 11) is 0. The van der Waals surface area contributed by atoms with Crippen LogP contribution in [0.4, 0.5) is 23.7 Å². The number of rotatable bonds is 6. The van der Waals surface area contributed by atoms with E-state index in [0.29, 0.717) is 10.7 Å². The van der Waals surface area contributed by atoms with E-state index in [1.165, 1.54) is 17.1 Å². The van der Waals surface area contributed by atoms with Gasteiger partial charge in [0.1, 0.15) is 5.75 Å². The number of carbonyl (C=O) groups is 1. The number of ether oxygens (including phenoxy) is 1. The van der Waals surface area contributed by atoms with Crippen molar-refractivity contribution in [1.82, 2.24) is 5.01 Å². The molecule has 0 saturated carbocycles. The number of amides is 2. The summed E-state index contributed by atoms with van der Waals surface area (Å²) in [5, 5.41) is 8.73. The monoisotopic (exact) mass is 541 g/mol. The van der Waals surface area contributed by atoms with Gasteiger partial charge in [-0.05, 0) is 41.5 Å². The molecule has 5 nitrogen and oxygen atoms in total. The van der Waals surface area contributed by atoms with E-state index < -0.39 is 23.5 Å². The van der Waals surface area contributed by atoms with Crippen molar-refractivity contribution in [2.75, 3.05) is 11.9 Å². The van der Waals surface area contributed by atoms with Gasteiger partial charge < -0.3 is 10.1 Å². The number of urea groups is 1. The summed E-state index contributed by atoms with van der Waals surface area (Å²) >= 11 is 16.8. The molecule has 1 heterocycles. The molecule has 1 aliphatic rings. The number of halogens is 6. The van der Waals surface area contributed by atoms with Gasteiger partial charge >= 0.3 is 12.1 Å². The Bertz CT molecular complexity index is 1240. The van der Waals surface area contributed by atoms with Crippen molar-refractivity contribution in [2.45, 2.75) is 17.7 Å². The minimum atomic E-state index is -4.27. The Morgan fingerprint density at radius 2 is 1.77 bits per heavy atom. The molecule has 11 heteroatoms. The molecule has 0 aromatic heterocycles. The van der Waals surface area contributed by atoms with Crippen LogP contribution in [-0.2, 0) is 0 Å². The van der Waals surface area contributed by atoms with Gasteiger partial charge in [0.05, 0.1) is 17.3 Å². The highest BCUT2D eigenvalue weighted by molar-refractivity contribution is 6.32. The number of hydrogen-bond donors (Lipinski definition) is 1. The first kappa shape index (κ1) is 25.2. The van der Waals surface area contributed by atoms with E-state index in [4.69, 9.17) is 34.8 Å². The fourth-order valence-corrected chi connectivity index (χ4v) is 3.89. The number of hydrazone groups is 1. The van der Waals surface area contributed by atoms with E-state index >= 15 is 0 Å². The van der Waals surface area contributed by atoms with Gasteiger partial charge in [0.15, 0.2) is 0 Å². The summed E-state index contributed by atoms with van der Waals surface area (Å²) in [6.45, 7) is 0.266. The molecule has 3 aromatic carbocycles. The van der Waals surface area contributed by atoms with Crippen LogP contribution < -0.4 is 10.1 Å². The van der Waals surface area contributed by atoms with Crippen LogP contribution in [0.5, 0.6) is 5.75 Å². The van der Waals surface area contributed by atoms with Crippen molar-refractivity contribution in [1.29, 1.82) is 0 Å². The first-order chi connectivity index (χ1) is 16.6. The van der Waals surface area contributed by atoms with Gasteiger partial charge in [-0.1, -0.05) is 77.3 Å². The summed E-state index contributed by atoms with van der Waals surface area (Å²) in [5.41, 5.74) is -0.376. The molecule has 0 aliphatic carbocycles. The number of hydrogen-bond acceptors (Lipinski definition) is 3. The Morgan fingerprint density at radius 3 is 2.40 bits per heavy atom. The molecule has 0 fully saturated rings. The lowest BCUT2D eigenvalue weighted by Crippen LogP contribution is -2.33. The topological polar surface area (TPSA) is 53.9 Å². The Balaban J connectivity index is 1.54. The van der Waals surface area contributed by atoms with Crippen molar-refractivity contribution in [3.63, 3.8) is 0 Å². The maximum atomic E-state index is 13.4. The second-order valence-electron chi connectivity index (χ2n) is 7.58. The van der Waals surface area contributed by atoms with Gasteiger partial charge in [-0.25, -0.2) is 14.2 Å². The van der Waals surface area contributed by atoms with Crippen molar-refractivity contribution in [3.8, 4) is 5.75 Å². The largest absolute Gasteiger partial charge is 0.444 e. The number of alkyl halides is 4. The van der Waals surface area contributed by atoms with Gasteiger partial charge in [0, 0.05) is 16.6 Å². The predicted molar refractivity (Wildman–Crippen MR) is 131 cm³/mol. The summed E-state index contributed by atoms with van der Waals surface area (Å²) in [6.07, 6.45) is -4.27. The summed E-state index contributed by atoms with van der Waals surface area (Å²) in [6, 6.07) is 19.8. The smallest absolute Gasteiger partial charge is 0.428 e. The van der Waals surface area contributed by atoms with Crippen LogP contribution in [-0.4, -0.2) is 35.0 Å². The van der Waals surface area contributed by atoms with Crippen LogP contribution in [0, 0.1) is 0 Å². The average Bonchev–Trinajstić information content (AvgIpc) is 3.27. The Morgan fingerprint density at radius 1 is 1.09 bits per heavy atom. The normalized spacial score (nSPS) is 16.6. The van der Waals surface area contributed by atoms with Crippen molar-refractivity contribution < 1.29 is 22.7 Å². The van der Waals surface area contributed by atoms with Gasteiger partial charge in [-0.3, -0.25) is 0 Å². The van der Waals surface area contributed by atoms with E-state index in [-0.39, 0.29) is 23.2 Å². The standard InChI is InChI=1S/C24H17Cl3F3N3O2/c25-16-8-6-15(7-9-16)21-18(14-4-2-1-3-5-14)13-33(32-21)23(34)31-17-10-11-20(19(26)12-17)35-24(29,30)22(27)28/h1-12,18,22H,13H2,(H,31,34). The maximum absolute atomic E-state index is 13.4. The number of nitrogens with zero attached hydrogens (tertiary/aromatic N) is 2. The van der Waals surface area contributed by atoms with Crippen LogP contribution in [0.25, 0.3) is 0 Å². The zero-order chi connectivity index (χ0) is 25.2. The number of benzene rings is 3. The highest BCUT2D eigenvalue weighted by atomic mass is 35.5. The van der Waals surface area contributed by atoms with Gasteiger partial charge in [-0.2, -0.15) is 13.9 Å². The summed E-state index contributed by atoms with van der Waals surface area (Å²) in [5.74, 6) is -0.680. The first-order valence-corrected chi connectivity index (χ1v) is 11.5. The van der Waals surface area contributed by atoms with Gasteiger partial charge in [-0.15, -0.1) is 0 Å². The molecule has 2 amide bonds. The van der Waals surface area contributed by atoms with Gasteiger partial charge in [0.25, 0.3) is 5.63 Å². The van der Waals surface area contributed by atoms with E-state index in [1.807, 2.05) is 42.5 Å². The lowest BCUT2D eigenvalue weighted by atomic mass is 9.91. The minimum Gasteiger partial charge on any atom is -0.428 e. The SMILES string of the molecule is O=C(Nc1ccc(OC(F)(F)C(F)Cl)c(Cl)c1)N1CC(c2ccccc2)C(c2ccc(Cl)cc2)=N1. The molecule has 2 atom stereocenters. The second kappa shape index (κ2) is 10.4. The zero-order valence-electron chi connectivity index (χ0n) is 17.8. The van der Waals surface area contributed by atoms with Gasteiger partial charge in [0.2, 0.25) is 0 Å². The third-order valence-electron chi connectivity index (χ3n) is 5.17. The molecule has 0 saturated heterocycles. The van der Waals surface area contributed by atoms with E-state index in [9.17, 15) is 18.0 Å². The molecule has 35 heavy (non-hydrogen) atoms. The molecule has 3 aromatic rings. The third kappa shape index (κ3) is 5.83. The number of nitrogens with one attached hydrogen (secondary N) is 1. The number of carbonyl (C=O) groups excluding carboxylic acids is 1. The molecule has 1 aliphatic heterocycles. The molecule has 2 unspecified atom stereocenters. The van der Waals surface area contributed by atoms with E-state index in [0.717, 1.165) is 17.2 Å². The maximum Gasteiger partial charge on any atom is 0.444 e. The molecule has 0 bridgehead atoms. The quantitative estimate of drug-likeness (QED) is 0.327. The third-order valence-corrected chi connectivity index (χ3v) is 5.98. The molecule has 182 valence electrons. The van der Waals surface area contributed by atoms with E-state index in [1.54, 1.807) is 12.1 Å². The van der Waals surface area contributed by atoms with Crippen LogP contribution in [0.15, 0.2) is 77.9 Å². The highest BCUT2D eigenvalue weighted by Crippen LogP contribution is 2.35. The molecule has 0 spiro atoms. The fourth-order valence-electron chi connectivity index (χ4n) is 3.50. The van der Waals surface area contributed by atoms with Crippen LogP contribution in [0.1, 0.15) is 17.0 Å². The Kier molecular flexibility index (Phi) is 7.44. The lowest BCUT2D eigenvalue weighted by Gasteiger charge is -2.19. The van der Waals surface area contributed by atoms with Crippen LogP contribution >= 0.6 is 34.8 Å². The summed E-state index contributed by atoms with van der Waals surface area (Å²) < 4.78 is 43.9. The lowest BCUT2D eigenvalue weighted by molar-refractivity contribution is -0.198. The molecular formula is C24H17Cl3F3N3O2. The number of anilines is 1. The minimum absolute atomic E-state index is 0.186. The summed E-state index contributed by atoms with van der Waals surface area (Å²) in [4.78, 5) is 13.0. The molecule has 1 N–H and O–H groups in total. The zero-order valence-corrected chi connectivity index (χ0v) is 20.0. The first-order valence-electron chi connectivity index (χ1n) is 10.3. The second-order valence-corrected chi connectivity index (χ2v) is 8.80. The van der Waals surface area contributed by atoms with Crippen LogP contribution in [0.2, 0.25) is 10.0 Å². The molecular weight excluding hydrogens is 526 g/mol. The Labute approximate surface area is 214 Å². The van der Waals surface area contributed by atoms with Crippen molar-refractivity contribution in [3.05, 3.63) is 94.0 Å². The van der Waals surface area contributed by atoms with Crippen molar-refractivity contribution in [2.24, 2.45) is 5.10 Å². The predicted octanol–water partition coefficient (Wildman–Crippen LogP) is 7.54. The Hall–Kier alpha value is -2.94. The van der Waals surface area contributed by atoms with Crippen LogP contribution in [0.3, 0.4) is 0 Å². The highest BCUT2D eigenvalue weighted by Gasteiger charge is 2.42.